The van der Waals surface area contributed by atoms with E-state index in [1.54, 1.807) is 0 Å². The summed E-state index contributed by atoms with van der Waals surface area (Å²) in [4.78, 5) is 0. The van der Waals surface area contributed by atoms with Crippen LogP contribution in [0.4, 0.5) is 0 Å². The first-order chi connectivity index (χ1) is 3.81. The Kier molecular flexibility index (Phi) is 6.31. The van der Waals surface area contributed by atoms with Crippen LogP contribution in [-0.2, 0) is 4.12 Å². The van der Waals surface area contributed by atoms with Crippen molar-refractivity contribution in [3.05, 3.63) is 0 Å². The molecule has 1 nitrogen and oxygen atoms in total. The molecule has 0 saturated heterocycles. The first-order valence-corrected chi connectivity index (χ1v) is 5.79. The minimum atomic E-state index is -0.159. The third kappa shape index (κ3) is 4.83. The first kappa shape index (κ1) is 8.68. The Morgan fingerprint density at radius 3 is 2.88 bits per heavy atom. The van der Waals surface area contributed by atoms with Gasteiger partial charge in [0.15, 0.2) is 0 Å². The van der Waals surface area contributed by atoms with Crippen LogP contribution in [0.25, 0.3) is 0 Å². The Morgan fingerprint density at radius 2 is 2.50 bits per heavy atom. The van der Waals surface area contributed by atoms with Gasteiger partial charge in [-0.05, 0) is 12.0 Å². The molecule has 0 bridgehead atoms. The quantitative estimate of drug-likeness (QED) is 0.413. The fraction of sp³-hybridized carbons (Fsp3) is 1.00. The number of hydrogen-bond donors (Lipinski definition) is 0. The third-order valence-electron chi connectivity index (χ3n) is 1.08. The first-order valence-electron chi connectivity index (χ1n) is 2.86. The molecule has 0 aliphatic carbocycles. The second kappa shape index (κ2) is 5.81. The summed E-state index contributed by atoms with van der Waals surface area (Å²) in [5.41, 5.74) is 0. The molecule has 4 heteroatoms. The van der Waals surface area contributed by atoms with Crippen molar-refractivity contribution in [2.75, 3.05) is 5.88 Å². The molecular weight excluding hydrogens is 156 g/mol. The summed E-state index contributed by atoms with van der Waals surface area (Å²) in [6, 6.07) is 1.24. The van der Waals surface area contributed by atoms with Crippen LogP contribution in [0.5, 0.6) is 0 Å². The molecule has 50 valence electrons. The summed E-state index contributed by atoms with van der Waals surface area (Å²) in [6.45, 7) is 2.17. The predicted molar refractivity (Wildman–Crippen MR) is 44.3 cm³/mol. The van der Waals surface area contributed by atoms with Crippen LogP contribution in [-0.4, -0.2) is 26.1 Å². The smallest absolute Gasteiger partial charge is 0.146 e. The van der Waals surface area contributed by atoms with Gasteiger partial charge >= 0.3 is 0 Å². The van der Waals surface area contributed by atoms with Gasteiger partial charge < -0.3 is 4.12 Å². The molecule has 0 saturated carbocycles. The second-order valence-corrected chi connectivity index (χ2v) is 5.64. The number of rotatable bonds is 4. The molecule has 0 N–H and O–H groups in total. The van der Waals surface area contributed by atoms with Crippen molar-refractivity contribution in [2.45, 2.75) is 13.0 Å². The van der Waals surface area contributed by atoms with E-state index in [0.29, 0.717) is 5.92 Å². The van der Waals surface area contributed by atoms with Gasteiger partial charge in [-0.1, -0.05) is 6.92 Å². The Balaban J connectivity index is 2.86. The van der Waals surface area contributed by atoms with Crippen molar-refractivity contribution >= 4 is 31.9 Å². The van der Waals surface area contributed by atoms with Crippen LogP contribution in [0.3, 0.4) is 0 Å². The Labute approximate surface area is 61.2 Å². The van der Waals surface area contributed by atoms with E-state index in [2.05, 4.69) is 6.92 Å². The molecule has 1 atom stereocenters. The molecule has 0 heterocycles. The maximum Gasteiger partial charge on any atom is 0.146 e. The Hall–Kier alpha value is 0.684. The normalized spacial score (nSPS) is 15.8. The number of alkyl halides is 1. The summed E-state index contributed by atoms with van der Waals surface area (Å²) < 4.78 is 5.13. The van der Waals surface area contributed by atoms with Gasteiger partial charge in [0.2, 0.25) is 0 Å². The lowest BCUT2D eigenvalue weighted by molar-refractivity contribution is 0.627. The third-order valence-corrected chi connectivity index (χ3v) is 4.46. The summed E-state index contributed by atoms with van der Waals surface area (Å²) in [5, 5.41) is 0. The van der Waals surface area contributed by atoms with E-state index in [4.69, 9.17) is 15.7 Å². The lowest BCUT2D eigenvalue weighted by atomic mass is 10.3. The van der Waals surface area contributed by atoms with E-state index in [0.717, 1.165) is 16.4 Å². The van der Waals surface area contributed by atoms with Gasteiger partial charge in [-0.2, -0.15) is 0 Å². The number of halogens is 1. The molecule has 0 amide bonds. The fourth-order valence-electron chi connectivity index (χ4n) is 0.396. The summed E-state index contributed by atoms with van der Waals surface area (Å²) in [7, 11) is 0.756. The summed E-state index contributed by atoms with van der Waals surface area (Å²) >= 11 is 5.57. The zero-order chi connectivity index (χ0) is 6.41. The van der Waals surface area contributed by atoms with Crippen LogP contribution in [0.2, 0.25) is 6.04 Å². The largest absolute Gasteiger partial charge is 0.468 e. The predicted octanol–water partition coefficient (Wildman–Crippen LogP) is -0.340. The van der Waals surface area contributed by atoms with Gasteiger partial charge in [0, 0.05) is 5.88 Å². The van der Waals surface area contributed by atoms with Gasteiger partial charge in [-0.3, -0.25) is 0 Å². The zero-order valence-corrected chi connectivity index (χ0v) is 9.66. The van der Waals surface area contributed by atoms with Crippen LogP contribution in [0.15, 0.2) is 0 Å². The molecule has 0 rings (SSSR count). The summed E-state index contributed by atoms with van der Waals surface area (Å²) in [5.74, 6) is 1.47. The van der Waals surface area contributed by atoms with Crippen molar-refractivity contribution in [1.82, 2.24) is 0 Å². The molecule has 0 fully saturated rings. The van der Waals surface area contributed by atoms with E-state index >= 15 is 0 Å². The maximum absolute atomic E-state index is 5.57. The maximum atomic E-state index is 5.57. The highest BCUT2D eigenvalue weighted by Crippen LogP contribution is 2.02. The Bertz CT molecular complexity index is 53.3. The van der Waals surface area contributed by atoms with Gasteiger partial charge in [-0.15, -0.1) is 11.6 Å². The van der Waals surface area contributed by atoms with Crippen LogP contribution < -0.4 is 0 Å². The van der Waals surface area contributed by atoms with Crippen LogP contribution in [0.1, 0.15) is 6.92 Å². The van der Waals surface area contributed by atoms with Gasteiger partial charge in [0.1, 0.15) is 20.2 Å². The summed E-state index contributed by atoms with van der Waals surface area (Å²) in [6.07, 6.45) is 0. The fourth-order valence-corrected chi connectivity index (χ4v) is 2.36. The van der Waals surface area contributed by atoms with Crippen LogP contribution >= 0.6 is 11.6 Å². The monoisotopic (exact) mass is 168 g/mol. The van der Waals surface area contributed by atoms with Crippen molar-refractivity contribution in [1.29, 1.82) is 0 Å². The lowest BCUT2D eigenvalue weighted by Crippen LogP contribution is -2.03. The van der Waals surface area contributed by atoms with Gasteiger partial charge in [0.05, 0.1) is 0 Å². The van der Waals surface area contributed by atoms with Crippen molar-refractivity contribution in [3.63, 3.8) is 0 Å². The molecule has 0 aliphatic heterocycles. The zero-order valence-electron chi connectivity index (χ0n) is 5.48. The highest BCUT2D eigenvalue weighted by Gasteiger charge is 1.97. The van der Waals surface area contributed by atoms with E-state index in [1.807, 2.05) is 0 Å². The lowest BCUT2D eigenvalue weighted by Gasteiger charge is -2.03. The standard InChI is InChI=1S/C4H13ClOSi2/c1-4(2-5)3-8-6-7/h4H,2-3,8H2,1,7H3. The molecule has 0 aromatic heterocycles. The van der Waals surface area contributed by atoms with Crippen molar-refractivity contribution in [3.8, 4) is 0 Å². The highest BCUT2D eigenvalue weighted by atomic mass is 35.5. The number of hydrogen-bond acceptors (Lipinski definition) is 1. The molecule has 0 spiro atoms. The molecule has 0 aromatic carbocycles. The second-order valence-electron chi connectivity index (χ2n) is 2.04. The topological polar surface area (TPSA) is 9.23 Å². The molecule has 1 unspecified atom stereocenters. The van der Waals surface area contributed by atoms with Gasteiger partial charge in [-0.25, -0.2) is 0 Å². The SMILES string of the molecule is CC(CCl)C[SiH2]O[SiH3]. The van der Waals surface area contributed by atoms with Crippen molar-refractivity contribution < 1.29 is 4.12 Å². The van der Waals surface area contributed by atoms with E-state index in [-0.39, 0.29) is 9.76 Å². The molecule has 8 heavy (non-hydrogen) atoms. The average molecular weight is 169 g/mol. The van der Waals surface area contributed by atoms with E-state index in [9.17, 15) is 0 Å². The van der Waals surface area contributed by atoms with E-state index < -0.39 is 0 Å². The molecular formula is C4H13ClOSi2. The van der Waals surface area contributed by atoms with Crippen LogP contribution in [0, 0.1) is 5.92 Å². The van der Waals surface area contributed by atoms with Gasteiger partial charge in [0.25, 0.3) is 0 Å². The Morgan fingerprint density at radius 1 is 1.88 bits per heavy atom. The van der Waals surface area contributed by atoms with Crippen molar-refractivity contribution in [2.24, 2.45) is 5.92 Å². The minimum Gasteiger partial charge on any atom is -0.468 e. The minimum absolute atomic E-state index is 0.159. The average Bonchev–Trinajstić information content (AvgIpc) is 1.83. The van der Waals surface area contributed by atoms with E-state index in [1.165, 1.54) is 6.04 Å². The highest BCUT2D eigenvalue weighted by molar-refractivity contribution is 6.34. The molecule has 0 aromatic rings. The molecule has 0 radical (unpaired) electrons. The molecule has 0 aliphatic rings.